The van der Waals surface area contributed by atoms with Crippen LogP contribution in [0.5, 0.6) is 0 Å². The molecule has 3 N–H and O–H groups in total. The number of hydrogen-bond donors (Lipinski definition) is 2. The molecule has 1 aromatic carbocycles. The van der Waals surface area contributed by atoms with Crippen LogP contribution in [-0.2, 0) is 11.2 Å². The molecule has 0 fully saturated rings. The zero-order valence-corrected chi connectivity index (χ0v) is 9.98. The molecule has 0 aliphatic heterocycles. The molecule has 0 spiro atoms. The molecule has 0 unspecified atom stereocenters. The molecule has 0 radical (unpaired) electrons. The number of carboxylic acid groups (broad SMARTS) is 1. The van der Waals surface area contributed by atoms with E-state index in [2.05, 4.69) is 22.6 Å². The minimum Gasteiger partial charge on any atom is -0.480 e. The van der Waals surface area contributed by atoms with Gasteiger partial charge in [0.15, 0.2) is 0 Å². The van der Waals surface area contributed by atoms with E-state index in [-0.39, 0.29) is 0 Å². The Balaban J connectivity index is 2.87. The van der Waals surface area contributed by atoms with Gasteiger partial charge in [-0.15, -0.1) is 0 Å². The van der Waals surface area contributed by atoms with Gasteiger partial charge in [0.1, 0.15) is 6.04 Å². The van der Waals surface area contributed by atoms with Gasteiger partial charge in [-0.25, -0.2) is 0 Å². The van der Waals surface area contributed by atoms with Crippen molar-refractivity contribution in [2.24, 2.45) is 5.73 Å². The van der Waals surface area contributed by atoms with Crippen LogP contribution in [0.3, 0.4) is 0 Å². The van der Waals surface area contributed by atoms with Crippen LogP contribution in [0.2, 0.25) is 0 Å². The standard InChI is InChI=1S/C10H12INO2/c1-6-7(3-2-4-8(6)11)5-9(12)10(13)14/h2-4,9H,5,12H2,1H3,(H,13,14)/t9-/m0/s1. The van der Waals surface area contributed by atoms with Crippen LogP contribution in [0.15, 0.2) is 18.2 Å². The third-order valence-electron chi connectivity index (χ3n) is 2.14. The van der Waals surface area contributed by atoms with Crippen molar-refractivity contribution in [3.63, 3.8) is 0 Å². The average molecular weight is 305 g/mol. The Hall–Kier alpha value is -0.620. The van der Waals surface area contributed by atoms with Gasteiger partial charge >= 0.3 is 5.97 Å². The Bertz CT molecular complexity index is 352. The predicted molar refractivity (Wildman–Crippen MR) is 63.2 cm³/mol. The summed E-state index contributed by atoms with van der Waals surface area (Å²) < 4.78 is 1.14. The first-order valence-electron chi connectivity index (χ1n) is 4.24. The lowest BCUT2D eigenvalue weighted by Gasteiger charge is -2.10. The van der Waals surface area contributed by atoms with Crippen molar-refractivity contribution in [1.29, 1.82) is 0 Å². The maximum Gasteiger partial charge on any atom is 0.320 e. The van der Waals surface area contributed by atoms with Gasteiger partial charge < -0.3 is 10.8 Å². The van der Waals surface area contributed by atoms with E-state index in [4.69, 9.17) is 10.8 Å². The number of hydrogen-bond acceptors (Lipinski definition) is 2. The number of carbonyl (C=O) groups is 1. The lowest BCUT2D eigenvalue weighted by atomic mass is 10.0. The van der Waals surface area contributed by atoms with E-state index in [0.717, 1.165) is 14.7 Å². The highest BCUT2D eigenvalue weighted by Gasteiger charge is 2.13. The number of rotatable bonds is 3. The summed E-state index contributed by atoms with van der Waals surface area (Å²) in [5.74, 6) is -0.955. The largest absolute Gasteiger partial charge is 0.480 e. The Morgan fingerprint density at radius 1 is 1.64 bits per heavy atom. The van der Waals surface area contributed by atoms with E-state index in [1.54, 1.807) is 0 Å². The molecule has 0 aliphatic rings. The Kier molecular flexibility index (Phi) is 3.88. The number of nitrogens with two attached hydrogens (primary N) is 1. The third kappa shape index (κ3) is 2.68. The molecule has 0 aromatic heterocycles. The van der Waals surface area contributed by atoms with Gasteiger partial charge in [0.2, 0.25) is 0 Å². The number of aliphatic carboxylic acids is 1. The molecule has 0 saturated carbocycles. The van der Waals surface area contributed by atoms with E-state index >= 15 is 0 Å². The first-order valence-corrected chi connectivity index (χ1v) is 5.32. The average Bonchev–Trinajstić information content (AvgIpc) is 2.12. The number of halogens is 1. The van der Waals surface area contributed by atoms with Crippen LogP contribution in [0.1, 0.15) is 11.1 Å². The minimum atomic E-state index is -0.955. The highest BCUT2D eigenvalue weighted by atomic mass is 127. The fourth-order valence-electron chi connectivity index (χ4n) is 1.20. The number of benzene rings is 1. The summed E-state index contributed by atoms with van der Waals surface area (Å²) >= 11 is 2.23. The van der Waals surface area contributed by atoms with E-state index in [1.807, 2.05) is 25.1 Å². The number of carboxylic acids is 1. The molecule has 14 heavy (non-hydrogen) atoms. The molecular weight excluding hydrogens is 293 g/mol. The SMILES string of the molecule is Cc1c(I)cccc1C[C@H](N)C(=O)O. The molecular formula is C10H12INO2. The van der Waals surface area contributed by atoms with Crippen LogP contribution in [0.25, 0.3) is 0 Å². The van der Waals surface area contributed by atoms with Crippen molar-refractivity contribution in [2.45, 2.75) is 19.4 Å². The predicted octanol–water partition coefficient (Wildman–Crippen LogP) is 1.55. The van der Waals surface area contributed by atoms with Crippen LogP contribution in [0, 0.1) is 10.5 Å². The van der Waals surface area contributed by atoms with Crippen molar-refractivity contribution in [3.8, 4) is 0 Å². The lowest BCUT2D eigenvalue weighted by Crippen LogP contribution is -2.32. The Morgan fingerprint density at radius 3 is 2.86 bits per heavy atom. The Morgan fingerprint density at radius 2 is 2.29 bits per heavy atom. The minimum absolute atomic E-state index is 0.387. The molecule has 4 heteroatoms. The quantitative estimate of drug-likeness (QED) is 0.833. The monoisotopic (exact) mass is 305 g/mol. The first-order chi connectivity index (χ1) is 6.52. The molecule has 0 heterocycles. The van der Waals surface area contributed by atoms with E-state index in [1.165, 1.54) is 0 Å². The highest BCUT2D eigenvalue weighted by Crippen LogP contribution is 2.16. The smallest absolute Gasteiger partial charge is 0.320 e. The van der Waals surface area contributed by atoms with Crippen LogP contribution in [0.4, 0.5) is 0 Å². The van der Waals surface area contributed by atoms with Crippen molar-refractivity contribution in [2.75, 3.05) is 0 Å². The second kappa shape index (κ2) is 4.75. The zero-order valence-electron chi connectivity index (χ0n) is 7.83. The van der Waals surface area contributed by atoms with E-state index < -0.39 is 12.0 Å². The summed E-state index contributed by atoms with van der Waals surface area (Å²) in [5.41, 5.74) is 7.59. The van der Waals surface area contributed by atoms with Gasteiger partial charge in [-0.05, 0) is 53.1 Å². The molecule has 0 saturated heterocycles. The van der Waals surface area contributed by atoms with Gasteiger partial charge in [-0.2, -0.15) is 0 Å². The van der Waals surface area contributed by atoms with E-state index in [9.17, 15) is 4.79 Å². The third-order valence-corrected chi connectivity index (χ3v) is 3.31. The van der Waals surface area contributed by atoms with Gasteiger partial charge in [-0.3, -0.25) is 4.79 Å². The molecule has 0 amide bonds. The summed E-state index contributed by atoms with van der Waals surface area (Å²) in [6.07, 6.45) is 0.387. The van der Waals surface area contributed by atoms with Crippen LogP contribution >= 0.6 is 22.6 Å². The second-order valence-electron chi connectivity index (χ2n) is 3.17. The zero-order chi connectivity index (χ0) is 10.7. The van der Waals surface area contributed by atoms with Gasteiger partial charge in [-0.1, -0.05) is 12.1 Å². The first kappa shape index (κ1) is 11.5. The summed E-state index contributed by atoms with van der Waals surface area (Å²) in [4.78, 5) is 10.6. The van der Waals surface area contributed by atoms with Gasteiger partial charge in [0.25, 0.3) is 0 Å². The Labute approximate surface area is 96.4 Å². The second-order valence-corrected chi connectivity index (χ2v) is 4.34. The highest BCUT2D eigenvalue weighted by molar-refractivity contribution is 14.1. The van der Waals surface area contributed by atoms with Crippen molar-refractivity contribution >= 4 is 28.6 Å². The summed E-state index contributed by atoms with van der Waals surface area (Å²) in [5, 5.41) is 8.68. The summed E-state index contributed by atoms with van der Waals surface area (Å²) in [6.45, 7) is 1.98. The van der Waals surface area contributed by atoms with Crippen molar-refractivity contribution < 1.29 is 9.90 Å². The summed E-state index contributed by atoms with van der Waals surface area (Å²) in [6, 6.07) is 5.01. The maximum atomic E-state index is 10.6. The molecule has 0 aliphatic carbocycles. The molecule has 1 rings (SSSR count). The lowest BCUT2D eigenvalue weighted by molar-refractivity contribution is -0.138. The van der Waals surface area contributed by atoms with Crippen molar-refractivity contribution in [1.82, 2.24) is 0 Å². The van der Waals surface area contributed by atoms with Gasteiger partial charge in [0.05, 0.1) is 0 Å². The normalized spacial score (nSPS) is 12.5. The fraction of sp³-hybridized carbons (Fsp3) is 0.300. The molecule has 1 atom stereocenters. The maximum absolute atomic E-state index is 10.6. The van der Waals surface area contributed by atoms with E-state index in [0.29, 0.717) is 6.42 Å². The molecule has 1 aromatic rings. The fourth-order valence-corrected chi connectivity index (χ4v) is 1.75. The van der Waals surface area contributed by atoms with Crippen LogP contribution < -0.4 is 5.73 Å². The van der Waals surface area contributed by atoms with Gasteiger partial charge in [0, 0.05) is 3.57 Å². The molecule has 76 valence electrons. The van der Waals surface area contributed by atoms with Crippen molar-refractivity contribution in [3.05, 3.63) is 32.9 Å². The van der Waals surface area contributed by atoms with Crippen LogP contribution in [-0.4, -0.2) is 17.1 Å². The topological polar surface area (TPSA) is 63.3 Å². The molecule has 0 bridgehead atoms. The molecule has 3 nitrogen and oxygen atoms in total. The summed E-state index contributed by atoms with van der Waals surface area (Å²) in [7, 11) is 0.